The van der Waals surface area contributed by atoms with Crippen LogP contribution in [0.25, 0.3) is 0 Å². The molecule has 0 saturated carbocycles. The molecule has 0 atom stereocenters. The molecule has 1 rings (SSSR count). The molecular weight excluding hydrogens is 188 g/mol. The second-order valence-corrected chi connectivity index (χ2v) is 3.24. The summed E-state index contributed by atoms with van der Waals surface area (Å²) in [6, 6.07) is 0. The third kappa shape index (κ3) is 2.46. The molecule has 1 aliphatic heterocycles. The highest BCUT2D eigenvalue weighted by molar-refractivity contribution is 6.03. The van der Waals surface area contributed by atoms with E-state index in [9.17, 15) is 4.79 Å². The van der Waals surface area contributed by atoms with E-state index in [1.807, 2.05) is 13.0 Å². The van der Waals surface area contributed by atoms with Crippen LogP contribution in [-0.2, 0) is 9.53 Å². The maximum Gasteiger partial charge on any atom is 0.203 e. The minimum atomic E-state index is 0.0342. The standard InChI is InChI=1S/C13H16O2/c1-4-7-10(5-2)11(6-3)12-8-15-9-13(12)14/h5-8H,2,4,9H2,1,3H3/b10-7-,11-6+. The normalized spacial score (nSPS) is 17.5. The van der Waals surface area contributed by atoms with Crippen LogP contribution in [0.4, 0.5) is 0 Å². The molecular formula is C13H16O2. The van der Waals surface area contributed by atoms with E-state index < -0.39 is 0 Å². The highest BCUT2D eigenvalue weighted by Gasteiger charge is 2.21. The number of carbonyl (C=O) groups is 1. The Hall–Kier alpha value is -1.57. The van der Waals surface area contributed by atoms with Crippen molar-refractivity contribution in [3.05, 3.63) is 47.8 Å². The van der Waals surface area contributed by atoms with Gasteiger partial charge in [-0.15, -0.1) is 0 Å². The number of ether oxygens (including phenoxy) is 1. The van der Waals surface area contributed by atoms with Gasteiger partial charge in [0.2, 0.25) is 5.78 Å². The topological polar surface area (TPSA) is 26.3 Å². The molecule has 0 amide bonds. The number of Topliss-reactive ketones (excluding diaryl/α,β-unsaturated/α-hetero) is 1. The van der Waals surface area contributed by atoms with Crippen LogP contribution in [0.5, 0.6) is 0 Å². The number of allylic oxidation sites excluding steroid dienone is 5. The lowest BCUT2D eigenvalue weighted by atomic mass is 9.95. The Morgan fingerprint density at radius 3 is 2.80 bits per heavy atom. The number of ketones is 1. The van der Waals surface area contributed by atoms with Gasteiger partial charge in [0.1, 0.15) is 0 Å². The Kier molecular flexibility index (Phi) is 4.10. The summed E-state index contributed by atoms with van der Waals surface area (Å²) in [7, 11) is 0. The zero-order valence-corrected chi connectivity index (χ0v) is 9.25. The first-order chi connectivity index (χ1) is 7.24. The Balaban J connectivity index is 3.04. The Morgan fingerprint density at radius 1 is 1.67 bits per heavy atom. The minimum Gasteiger partial charge on any atom is -0.492 e. The van der Waals surface area contributed by atoms with E-state index in [1.165, 1.54) is 6.26 Å². The summed E-state index contributed by atoms with van der Waals surface area (Å²) in [5, 5.41) is 0. The van der Waals surface area contributed by atoms with Gasteiger partial charge in [-0.3, -0.25) is 4.79 Å². The zero-order chi connectivity index (χ0) is 11.3. The molecule has 0 saturated heterocycles. The van der Waals surface area contributed by atoms with Crippen molar-refractivity contribution in [3.8, 4) is 0 Å². The highest BCUT2D eigenvalue weighted by atomic mass is 16.5. The van der Waals surface area contributed by atoms with Crippen LogP contribution >= 0.6 is 0 Å². The molecule has 0 aromatic rings. The summed E-state index contributed by atoms with van der Waals surface area (Å²) in [6.07, 6.45) is 8.19. The predicted octanol–water partition coefficient (Wildman–Crippen LogP) is 2.94. The first-order valence-corrected chi connectivity index (χ1v) is 5.09. The third-order valence-electron chi connectivity index (χ3n) is 2.25. The van der Waals surface area contributed by atoms with Gasteiger partial charge in [-0.25, -0.2) is 0 Å². The van der Waals surface area contributed by atoms with Crippen molar-refractivity contribution in [2.24, 2.45) is 0 Å². The van der Waals surface area contributed by atoms with Gasteiger partial charge in [0.25, 0.3) is 0 Å². The van der Waals surface area contributed by atoms with Gasteiger partial charge in [0.15, 0.2) is 6.61 Å². The Labute approximate surface area is 90.6 Å². The van der Waals surface area contributed by atoms with Crippen molar-refractivity contribution in [2.45, 2.75) is 20.3 Å². The van der Waals surface area contributed by atoms with E-state index >= 15 is 0 Å². The molecule has 1 aliphatic rings. The lowest BCUT2D eigenvalue weighted by molar-refractivity contribution is -0.116. The smallest absolute Gasteiger partial charge is 0.203 e. The number of rotatable bonds is 4. The summed E-state index contributed by atoms with van der Waals surface area (Å²) in [6.45, 7) is 7.88. The largest absolute Gasteiger partial charge is 0.492 e. The van der Waals surface area contributed by atoms with E-state index in [4.69, 9.17) is 4.74 Å². The van der Waals surface area contributed by atoms with Gasteiger partial charge in [-0.05, 0) is 24.5 Å². The molecule has 0 bridgehead atoms. The predicted molar refractivity (Wildman–Crippen MR) is 61.4 cm³/mol. The van der Waals surface area contributed by atoms with E-state index in [2.05, 4.69) is 19.6 Å². The zero-order valence-electron chi connectivity index (χ0n) is 9.25. The summed E-state index contributed by atoms with van der Waals surface area (Å²) in [5.74, 6) is 0.0342. The molecule has 0 unspecified atom stereocenters. The quantitative estimate of drug-likeness (QED) is 0.658. The van der Waals surface area contributed by atoms with Crippen LogP contribution in [0.2, 0.25) is 0 Å². The molecule has 0 aliphatic carbocycles. The molecule has 0 radical (unpaired) electrons. The number of carbonyl (C=O) groups excluding carboxylic acids is 1. The van der Waals surface area contributed by atoms with Crippen molar-refractivity contribution in [1.82, 2.24) is 0 Å². The Morgan fingerprint density at radius 2 is 2.40 bits per heavy atom. The molecule has 0 aromatic carbocycles. The Bertz CT molecular complexity index is 357. The maximum absolute atomic E-state index is 11.5. The fourth-order valence-electron chi connectivity index (χ4n) is 1.56. The van der Waals surface area contributed by atoms with Gasteiger partial charge in [-0.1, -0.05) is 31.7 Å². The second-order valence-electron chi connectivity index (χ2n) is 3.24. The molecule has 2 heteroatoms. The van der Waals surface area contributed by atoms with Gasteiger partial charge in [0, 0.05) is 0 Å². The van der Waals surface area contributed by atoms with Crippen molar-refractivity contribution in [1.29, 1.82) is 0 Å². The first-order valence-electron chi connectivity index (χ1n) is 5.09. The van der Waals surface area contributed by atoms with Crippen molar-refractivity contribution < 1.29 is 9.53 Å². The van der Waals surface area contributed by atoms with Crippen molar-refractivity contribution in [3.63, 3.8) is 0 Å². The van der Waals surface area contributed by atoms with Crippen LogP contribution in [0.1, 0.15) is 20.3 Å². The SMILES string of the molecule is C=CC(=C/CC)/C(=C\C)C1=COCC1=O. The van der Waals surface area contributed by atoms with Crippen molar-refractivity contribution in [2.75, 3.05) is 6.61 Å². The lowest BCUT2D eigenvalue weighted by Crippen LogP contribution is -2.04. The fourth-order valence-corrected chi connectivity index (χ4v) is 1.56. The van der Waals surface area contributed by atoms with E-state index in [1.54, 1.807) is 6.08 Å². The average molecular weight is 204 g/mol. The molecule has 2 nitrogen and oxygen atoms in total. The summed E-state index contributed by atoms with van der Waals surface area (Å²) < 4.78 is 5.01. The minimum absolute atomic E-state index is 0.0342. The van der Waals surface area contributed by atoms with Crippen LogP contribution in [0, 0.1) is 0 Å². The van der Waals surface area contributed by atoms with Gasteiger partial charge < -0.3 is 4.74 Å². The van der Waals surface area contributed by atoms with Gasteiger partial charge in [-0.2, -0.15) is 0 Å². The van der Waals surface area contributed by atoms with Crippen LogP contribution < -0.4 is 0 Å². The van der Waals surface area contributed by atoms with E-state index in [0.29, 0.717) is 5.57 Å². The second kappa shape index (κ2) is 5.35. The number of hydrogen-bond acceptors (Lipinski definition) is 2. The molecule has 80 valence electrons. The fraction of sp³-hybridized carbons (Fsp3) is 0.308. The summed E-state index contributed by atoms with van der Waals surface area (Å²) in [4.78, 5) is 11.5. The number of hydrogen-bond donors (Lipinski definition) is 0. The highest BCUT2D eigenvalue weighted by Crippen LogP contribution is 2.24. The van der Waals surface area contributed by atoms with Crippen LogP contribution in [0.15, 0.2) is 47.8 Å². The average Bonchev–Trinajstić information content (AvgIpc) is 2.65. The van der Waals surface area contributed by atoms with Crippen LogP contribution in [0.3, 0.4) is 0 Å². The molecule has 1 heterocycles. The maximum atomic E-state index is 11.5. The molecule has 15 heavy (non-hydrogen) atoms. The van der Waals surface area contributed by atoms with E-state index in [-0.39, 0.29) is 12.4 Å². The van der Waals surface area contributed by atoms with Crippen LogP contribution in [-0.4, -0.2) is 12.4 Å². The lowest BCUT2D eigenvalue weighted by Gasteiger charge is -2.06. The monoisotopic (exact) mass is 204 g/mol. The summed E-state index contributed by atoms with van der Waals surface area (Å²) >= 11 is 0. The first kappa shape index (κ1) is 11.5. The van der Waals surface area contributed by atoms with E-state index in [0.717, 1.165) is 17.6 Å². The van der Waals surface area contributed by atoms with Gasteiger partial charge in [0.05, 0.1) is 11.8 Å². The summed E-state index contributed by atoms with van der Waals surface area (Å²) in [5.41, 5.74) is 2.55. The third-order valence-corrected chi connectivity index (χ3v) is 2.25. The molecule has 0 spiro atoms. The molecule has 0 N–H and O–H groups in total. The molecule has 0 fully saturated rings. The molecule has 0 aromatic heterocycles. The van der Waals surface area contributed by atoms with Gasteiger partial charge >= 0.3 is 0 Å². The van der Waals surface area contributed by atoms with Crippen molar-refractivity contribution >= 4 is 5.78 Å².